The van der Waals surface area contributed by atoms with Crippen molar-refractivity contribution in [3.05, 3.63) is 17.7 Å². The molecule has 1 amide bonds. The van der Waals surface area contributed by atoms with Crippen molar-refractivity contribution < 1.29 is 23.7 Å². The standard InChI is InChI=1S/C17H23NO5/c1-20-14-9-16(22-3)15(21-2)8-12(14)17(19)18-6-7-23-10-13(18)11-4-5-11/h8-9,11,13H,4-7,10H2,1-3H3/t13-/m0/s1. The van der Waals surface area contributed by atoms with Gasteiger partial charge in [0.1, 0.15) is 5.75 Å². The van der Waals surface area contributed by atoms with Gasteiger partial charge in [0.2, 0.25) is 0 Å². The lowest BCUT2D eigenvalue weighted by molar-refractivity contribution is -0.00849. The van der Waals surface area contributed by atoms with Gasteiger partial charge in [-0.05, 0) is 18.8 Å². The lowest BCUT2D eigenvalue weighted by Gasteiger charge is -2.36. The first-order valence-electron chi connectivity index (χ1n) is 7.88. The monoisotopic (exact) mass is 321 g/mol. The average molecular weight is 321 g/mol. The van der Waals surface area contributed by atoms with Crippen molar-refractivity contribution in [3.63, 3.8) is 0 Å². The molecule has 1 saturated carbocycles. The number of carbonyl (C=O) groups is 1. The molecule has 6 heteroatoms. The van der Waals surface area contributed by atoms with Crippen LogP contribution in [0.2, 0.25) is 0 Å². The Morgan fingerprint density at radius 1 is 1.09 bits per heavy atom. The van der Waals surface area contributed by atoms with Gasteiger partial charge in [0.15, 0.2) is 11.5 Å². The van der Waals surface area contributed by atoms with Crippen molar-refractivity contribution in [3.8, 4) is 17.2 Å². The first-order chi connectivity index (χ1) is 11.2. The fraction of sp³-hybridized carbons (Fsp3) is 0.588. The van der Waals surface area contributed by atoms with Crippen molar-refractivity contribution in [2.45, 2.75) is 18.9 Å². The van der Waals surface area contributed by atoms with Gasteiger partial charge < -0.3 is 23.8 Å². The molecule has 1 aliphatic heterocycles. The Hall–Kier alpha value is -1.95. The third kappa shape index (κ3) is 3.08. The minimum absolute atomic E-state index is 0.0389. The number of nitrogens with zero attached hydrogens (tertiary/aromatic N) is 1. The van der Waals surface area contributed by atoms with Crippen molar-refractivity contribution >= 4 is 5.91 Å². The first kappa shape index (κ1) is 15.9. The molecule has 126 valence electrons. The van der Waals surface area contributed by atoms with Gasteiger partial charge in [-0.15, -0.1) is 0 Å². The maximum Gasteiger partial charge on any atom is 0.258 e. The van der Waals surface area contributed by atoms with E-state index in [1.54, 1.807) is 33.5 Å². The zero-order valence-electron chi connectivity index (χ0n) is 13.8. The van der Waals surface area contributed by atoms with Crippen LogP contribution in [0.1, 0.15) is 23.2 Å². The Kier molecular flexibility index (Phi) is 4.61. The van der Waals surface area contributed by atoms with Crippen molar-refractivity contribution in [1.82, 2.24) is 4.90 Å². The fourth-order valence-electron chi connectivity index (χ4n) is 3.10. The van der Waals surface area contributed by atoms with Crippen LogP contribution in [0.25, 0.3) is 0 Å². The molecular weight excluding hydrogens is 298 g/mol. The van der Waals surface area contributed by atoms with Gasteiger partial charge >= 0.3 is 0 Å². The summed E-state index contributed by atoms with van der Waals surface area (Å²) in [5.74, 6) is 2.08. The zero-order valence-corrected chi connectivity index (χ0v) is 13.8. The minimum atomic E-state index is -0.0389. The van der Waals surface area contributed by atoms with E-state index < -0.39 is 0 Å². The molecule has 0 radical (unpaired) electrons. The molecular formula is C17H23NO5. The van der Waals surface area contributed by atoms with Gasteiger partial charge in [-0.2, -0.15) is 0 Å². The third-order valence-electron chi connectivity index (χ3n) is 4.53. The molecule has 6 nitrogen and oxygen atoms in total. The summed E-state index contributed by atoms with van der Waals surface area (Å²) in [6.45, 7) is 1.80. The number of carbonyl (C=O) groups excluding carboxylic acids is 1. The van der Waals surface area contributed by atoms with E-state index in [1.165, 1.54) is 12.8 Å². The predicted octanol–water partition coefficient (Wildman–Crippen LogP) is 1.96. The molecule has 2 fully saturated rings. The van der Waals surface area contributed by atoms with Crippen LogP contribution in [0.3, 0.4) is 0 Å². The topological polar surface area (TPSA) is 57.2 Å². The van der Waals surface area contributed by atoms with Crippen LogP contribution < -0.4 is 14.2 Å². The maximum absolute atomic E-state index is 13.1. The SMILES string of the molecule is COc1cc(OC)c(C(=O)N2CCOC[C@H]2C2CC2)cc1OC. The van der Waals surface area contributed by atoms with Crippen LogP contribution in [0.15, 0.2) is 12.1 Å². The second-order valence-electron chi connectivity index (χ2n) is 5.89. The van der Waals surface area contributed by atoms with E-state index in [-0.39, 0.29) is 11.9 Å². The van der Waals surface area contributed by atoms with Gasteiger partial charge in [0.25, 0.3) is 5.91 Å². The summed E-state index contributed by atoms with van der Waals surface area (Å²) in [7, 11) is 4.67. The van der Waals surface area contributed by atoms with Crippen LogP contribution in [-0.2, 0) is 4.74 Å². The predicted molar refractivity (Wildman–Crippen MR) is 84.5 cm³/mol. The molecule has 2 aliphatic rings. The number of hydrogen-bond acceptors (Lipinski definition) is 5. The summed E-state index contributed by atoms with van der Waals surface area (Å²) in [5, 5.41) is 0. The van der Waals surface area contributed by atoms with Crippen molar-refractivity contribution in [2.75, 3.05) is 41.1 Å². The van der Waals surface area contributed by atoms with Crippen LogP contribution in [0.4, 0.5) is 0 Å². The summed E-state index contributed by atoms with van der Waals surface area (Å²) in [6, 6.07) is 3.55. The molecule has 0 unspecified atom stereocenters. The molecule has 0 bridgehead atoms. The summed E-state index contributed by atoms with van der Waals surface area (Å²) in [5.41, 5.74) is 0.498. The van der Waals surface area contributed by atoms with Crippen LogP contribution in [-0.4, -0.2) is 57.9 Å². The lowest BCUT2D eigenvalue weighted by Crippen LogP contribution is -2.49. The molecule has 1 aromatic rings. The van der Waals surface area contributed by atoms with E-state index in [0.29, 0.717) is 48.5 Å². The molecule has 1 heterocycles. The number of methoxy groups -OCH3 is 3. The molecule has 0 N–H and O–H groups in total. The van der Waals surface area contributed by atoms with Gasteiger partial charge in [-0.3, -0.25) is 4.79 Å². The Balaban J connectivity index is 1.93. The van der Waals surface area contributed by atoms with E-state index in [0.717, 1.165) is 0 Å². The maximum atomic E-state index is 13.1. The summed E-state index contributed by atoms with van der Waals surface area (Å²) in [6.07, 6.45) is 2.34. The fourth-order valence-corrected chi connectivity index (χ4v) is 3.10. The summed E-state index contributed by atoms with van der Waals surface area (Å²) in [4.78, 5) is 15.0. The molecule has 1 saturated heterocycles. The number of ether oxygens (including phenoxy) is 4. The molecule has 0 spiro atoms. The first-order valence-corrected chi connectivity index (χ1v) is 7.88. The van der Waals surface area contributed by atoms with E-state index in [9.17, 15) is 4.79 Å². The van der Waals surface area contributed by atoms with E-state index in [2.05, 4.69) is 0 Å². The molecule has 3 rings (SSSR count). The average Bonchev–Trinajstić information content (AvgIpc) is 3.44. The largest absolute Gasteiger partial charge is 0.496 e. The normalized spacial score (nSPS) is 21.0. The Labute approximate surface area is 136 Å². The van der Waals surface area contributed by atoms with E-state index in [1.807, 2.05) is 4.90 Å². The molecule has 0 aromatic heterocycles. The highest BCUT2D eigenvalue weighted by atomic mass is 16.5. The molecule has 1 aromatic carbocycles. The number of morpholine rings is 1. The Morgan fingerprint density at radius 2 is 1.74 bits per heavy atom. The van der Waals surface area contributed by atoms with Crippen molar-refractivity contribution in [1.29, 1.82) is 0 Å². The van der Waals surface area contributed by atoms with Gasteiger partial charge in [0, 0.05) is 18.7 Å². The van der Waals surface area contributed by atoms with Crippen molar-refractivity contribution in [2.24, 2.45) is 5.92 Å². The van der Waals surface area contributed by atoms with Crippen LogP contribution in [0, 0.1) is 5.92 Å². The van der Waals surface area contributed by atoms with Gasteiger partial charge in [0.05, 0.1) is 46.1 Å². The molecule has 1 aliphatic carbocycles. The Morgan fingerprint density at radius 3 is 2.35 bits per heavy atom. The highest BCUT2D eigenvalue weighted by Gasteiger charge is 2.40. The van der Waals surface area contributed by atoms with E-state index in [4.69, 9.17) is 18.9 Å². The van der Waals surface area contributed by atoms with Gasteiger partial charge in [-0.25, -0.2) is 0 Å². The Bertz CT molecular complexity index is 585. The molecule has 23 heavy (non-hydrogen) atoms. The van der Waals surface area contributed by atoms with Gasteiger partial charge in [-0.1, -0.05) is 0 Å². The summed E-state index contributed by atoms with van der Waals surface area (Å²) < 4.78 is 21.6. The minimum Gasteiger partial charge on any atom is -0.496 e. The third-order valence-corrected chi connectivity index (χ3v) is 4.53. The van der Waals surface area contributed by atoms with Crippen LogP contribution >= 0.6 is 0 Å². The second-order valence-corrected chi connectivity index (χ2v) is 5.89. The zero-order chi connectivity index (χ0) is 16.4. The van der Waals surface area contributed by atoms with Crippen LogP contribution in [0.5, 0.6) is 17.2 Å². The van der Waals surface area contributed by atoms with E-state index >= 15 is 0 Å². The lowest BCUT2D eigenvalue weighted by atomic mass is 10.1. The number of hydrogen-bond donors (Lipinski definition) is 0. The number of rotatable bonds is 5. The summed E-state index contributed by atoms with van der Waals surface area (Å²) >= 11 is 0. The quantitative estimate of drug-likeness (QED) is 0.830. The second kappa shape index (κ2) is 6.66. The number of amides is 1. The highest BCUT2D eigenvalue weighted by molar-refractivity contribution is 5.98. The smallest absolute Gasteiger partial charge is 0.258 e. The number of benzene rings is 1. The molecule has 1 atom stereocenters. The highest BCUT2D eigenvalue weighted by Crippen LogP contribution is 2.39.